The minimum atomic E-state index is -3.52. The molecule has 0 aromatic heterocycles. The molecule has 6 heteroatoms. The Bertz CT molecular complexity index is 757. The summed E-state index contributed by atoms with van der Waals surface area (Å²) in [5.74, 6) is 0. The summed E-state index contributed by atoms with van der Waals surface area (Å²) >= 11 is 3.43. The summed E-state index contributed by atoms with van der Waals surface area (Å²) in [5.41, 5.74) is 7.73. The number of nitrogens with zero attached hydrogens (tertiary/aromatic N) is 1. The van der Waals surface area contributed by atoms with E-state index in [0.29, 0.717) is 25.1 Å². The van der Waals surface area contributed by atoms with Gasteiger partial charge < -0.3 is 5.73 Å². The second-order valence-corrected chi connectivity index (χ2v) is 9.22. The number of allylic oxidation sites excluding steroid dienone is 3. The van der Waals surface area contributed by atoms with E-state index >= 15 is 0 Å². The van der Waals surface area contributed by atoms with Gasteiger partial charge in [-0.25, -0.2) is 8.42 Å². The number of benzene rings is 1. The number of anilines is 1. The number of fused-ring (bicyclic) bond motifs is 1. The first-order valence-electron chi connectivity index (χ1n) is 7.27. The average Bonchev–Trinajstić information content (AvgIpc) is 2.47. The van der Waals surface area contributed by atoms with Gasteiger partial charge in [0.25, 0.3) is 0 Å². The average molecular weight is 383 g/mol. The Kier molecular flexibility index (Phi) is 3.95. The normalized spacial score (nSPS) is 27.8. The molecule has 22 heavy (non-hydrogen) atoms. The first-order chi connectivity index (χ1) is 10.3. The third kappa shape index (κ3) is 2.43. The first kappa shape index (κ1) is 15.8. The van der Waals surface area contributed by atoms with Gasteiger partial charge >= 0.3 is 0 Å². The van der Waals surface area contributed by atoms with Gasteiger partial charge in [0.1, 0.15) is 4.75 Å². The molecular formula is C16H19BrN2O2S. The van der Waals surface area contributed by atoms with Crippen molar-refractivity contribution in [2.75, 3.05) is 10.8 Å². The highest BCUT2D eigenvalue weighted by Crippen LogP contribution is 2.40. The summed E-state index contributed by atoms with van der Waals surface area (Å²) in [6, 6.07) is 5.53. The minimum absolute atomic E-state index is 0.121. The molecule has 1 heterocycles. The predicted molar refractivity (Wildman–Crippen MR) is 93.3 cm³/mol. The standard InChI is InChI=1S/C16H19BrN2O2S/c1-16(8-3-2-4-9-16)22(20,21)19-10-7-14(18)13-6-5-12(17)11-15(13)19/h2-6,8,11,14H,7,9-10,18H2,1H3. The number of hydrogen-bond acceptors (Lipinski definition) is 3. The number of rotatable bonds is 2. The van der Waals surface area contributed by atoms with Crippen molar-refractivity contribution in [2.24, 2.45) is 5.73 Å². The van der Waals surface area contributed by atoms with Gasteiger partial charge in [0.15, 0.2) is 0 Å². The zero-order valence-electron chi connectivity index (χ0n) is 12.4. The van der Waals surface area contributed by atoms with Crippen molar-refractivity contribution in [3.63, 3.8) is 0 Å². The molecular weight excluding hydrogens is 364 g/mol. The van der Waals surface area contributed by atoms with E-state index < -0.39 is 14.8 Å². The van der Waals surface area contributed by atoms with E-state index in [4.69, 9.17) is 5.73 Å². The van der Waals surface area contributed by atoms with E-state index in [1.165, 1.54) is 4.31 Å². The van der Waals surface area contributed by atoms with Crippen LogP contribution in [0.1, 0.15) is 31.4 Å². The van der Waals surface area contributed by atoms with Gasteiger partial charge in [0.05, 0.1) is 5.69 Å². The van der Waals surface area contributed by atoms with E-state index in [2.05, 4.69) is 15.9 Å². The highest BCUT2D eigenvalue weighted by molar-refractivity contribution is 9.10. The second kappa shape index (κ2) is 5.51. The van der Waals surface area contributed by atoms with Gasteiger partial charge in [-0.15, -0.1) is 0 Å². The largest absolute Gasteiger partial charge is 0.324 e. The molecule has 4 nitrogen and oxygen atoms in total. The SMILES string of the molecule is CC1(S(=O)(=O)N2CCC(N)c3ccc(Br)cc32)C=CC=CC1. The first-order valence-corrected chi connectivity index (χ1v) is 9.50. The van der Waals surface area contributed by atoms with Gasteiger partial charge in [-0.3, -0.25) is 4.31 Å². The van der Waals surface area contributed by atoms with Gasteiger partial charge in [0.2, 0.25) is 10.0 Å². The van der Waals surface area contributed by atoms with Crippen molar-refractivity contribution in [3.8, 4) is 0 Å². The second-order valence-electron chi connectivity index (χ2n) is 5.98. The van der Waals surface area contributed by atoms with Gasteiger partial charge in [-0.1, -0.05) is 46.3 Å². The topological polar surface area (TPSA) is 63.4 Å². The zero-order chi connectivity index (χ0) is 16.0. The third-order valence-corrected chi connectivity index (χ3v) is 7.34. The van der Waals surface area contributed by atoms with Crippen molar-refractivity contribution in [2.45, 2.75) is 30.6 Å². The Hall–Kier alpha value is -1.11. The van der Waals surface area contributed by atoms with Crippen LogP contribution >= 0.6 is 15.9 Å². The fourth-order valence-electron chi connectivity index (χ4n) is 2.98. The molecule has 3 rings (SSSR count). The van der Waals surface area contributed by atoms with Gasteiger partial charge in [-0.05, 0) is 37.5 Å². The Morgan fingerprint density at radius 1 is 1.36 bits per heavy atom. The molecule has 0 spiro atoms. The van der Waals surface area contributed by atoms with Crippen LogP contribution in [0.25, 0.3) is 0 Å². The molecule has 1 aliphatic heterocycles. The minimum Gasteiger partial charge on any atom is -0.324 e. The van der Waals surface area contributed by atoms with Crippen LogP contribution in [0.4, 0.5) is 5.69 Å². The molecule has 2 atom stereocenters. The molecule has 0 saturated heterocycles. The number of hydrogen-bond donors (Lipinski definition) is 1. The maximum Gasteiger partial charge on any atom is 0.244 e. The summed E-state index contributed by atoms with van der Waals surface area (Å²) in [4.78, 5) is 0. The Morgan fingerprint density at radius 2 is 2.14 bits per heavy atom. The van der Waals surface area contributed by atoms with Crippen LogP contribution in [0.2, 0.25) is 0 Å². The lowest BCUT2D eigenvalue weighted by molar-refractivity contribution is 0.545. The van der Waals surface area contributed by atoms with Crippen molar-refractivity contribution in [3.05, 3.63) is 52.5 Å². The van der Waals surface area contributed by atoms with Crippen LogP contribution in [0.5, 0.6) is 0 Å². The van der Waals surface area contributed by atoms with E-state index in [9.17, 15) is 8.42 Å². The molecule has 1 aliphatic carbocycles. The van der Waals surface area contributed by atoms with Crippen molar-refractivity contribution in [1.29, 1.82) is 0 Å². The van der Waals surface area contributed by atoms with Crippen molar-refractivity contribution >= 4 is 31.6 Å². The molecule has 0 saturated carbocycles. The summed E-state index contributed by atoms with van der Waals surface area (Å²) in [5, 5.41) is 0. The van der Waals surface area contributed by atoms with E-state index in [-0.39, 0.29) is 6.04 Å². The maximum atomic E-state index is 13.2. The summed E-state index contributed by atoms with van der Waals surface area (Å²) in [7, 11) is -3.52. The molecule has 118 valence electrons. The zero-order valence-corrected chi connectivity index (χ0v) is 14.8. The molecule has 1 aromatic rings. The molecule has 0 fully saturated rings. The Morgan fingerprint density at radius 3 is 2.82 bits per heavy atom. The lowest BCUT2D eigenvalue weighted by atomic mass is 9.99. The van der Waals surface area contributed by atoms with Crippen molar-refractivity contribution in [1.82, 2.24) is 0 Å². The molecule has 0 bridgehead atoms. The quantitative estimate of drug-likeness (QED) is 0.853. The van der Waals surface area contributed by atoms with Crippen LogP contribution in [-0.4, -0.2) is 19.7 Å². The maximum absolute atomic E-state index is 13.2. The molecule has 1 aromatic carbocycles. The highest BCUT2D eigenvalue weighted by atomic mass is 79.9. The smallest absolute Gasteiger partial charge is 0.244 e. The molecule has 2 N–H and O–H groups in total. The van der Waals surface area contributed by atoms with Crippen LogP contribution < -0.4 is 10.0 Å². The number of halogens is 1. The van der Waals surface area contributed by atoms with E-state index in [1.54, 1.807) is 19.1 Å². The lowest BCUT2D eigenvalue weighted by Gasteiger charge is -2.39. The van der Waals surface area contributed by atoms with Gasteiger partial charge in [0, 0.05) is 17.1 Å². The van der Waals surface area contributed by atoms with E-state index in [1.807, 2.05) is 30.4 Å². The van der Waals surface area contributed by atoms with Crippen LogP contribution in [0.15, 0.2) is 47.0 Å². The fraction of sp³-hybridized carbons (Fsp3) is 0.375. The molecule has 2 unspecified atom stereocenters. The monoisotopic (exact) mass is 382 g/mol. The fourth-order valence-corrected chi connectivity index (χ4v) is 5.15. The van der Waals surface area contributed by atoms with Crippen LogP contribution in [0, 0.1) is 0 Å². The van der Waals surface area contributed by atoms with E-state index in [0.717, 1.165) is 10.0 Å². The summed E-state index contributed by atoms with van der Waals surface area (Å²) in [6.07, 6.45) is 8.47. The Labute approximate surface area is 139 Å². The number of sulfonamides is 1. The van der Waals surface area contributed by atoms with Crippen molar-refractivity contribution < 1.29 is 8.42 Å². The summed E-state index contributed by atoms with van der Waals surface area (Å²) < 4.78 is 27.9. The predicted octanol–water partition coefficient (Wildman–Crippen LogP) is 3.26. The third-order valence-electron chi connectivity index (χ3n) is 4.40. The van der Waals surface area contributed by atoms with Crippen LogP contribution in [0.3, 0.4) is 0 Å². The summed E-state index contributed by atoms with van der Waals surface area (Å²) in [6.45, 7) is 2.19. The lowest BCUT2D eigenvalue weighted by Crippen LogP contribution is -2.48. The highest BCUT2D eigenvalue weighted by Gasteiger charge is 2.43. The molecule has 0 radical (unpaired) electrons. The van der Waals surface area contributed by atoms with Gasteiger partial charge in [-0.2, -0.15) is 0 Å². The Balaban J connectivity index is 2.10. The van der Waals surface area contributed by atoms with Crippen LogP contribution in [-0.2, 0) is 10.0 Å². The molecule has 0 amide bonds. The molecule has 2 aliphatic rings. The number of nitrogens with two attached hydrogens (primary N) is 1.